The molecule has 0 saturated heterocycles. The summed E-state index contributed by atoms with van der Waals surface area (Å²) in [5.41, 5.74) is 6.53. The Labute approximate surface area is 74.5 Å². The van der Waals surface area contributed by atoms with Gasteiger partial charge in [0.05, 0.1) is 0 Å². The Kier molecular flexibility index (Phi) is 4.59. The topological polar surface area (TPSA) is 61.9 Å². The average Bonchev–Trinajstić information content (AvgIpc) is 2.02. The van der Waals surface area contributed by atoms with Gasteiger partial charge in [-0.15, -0.1) is 0 Å². The van der Waals surface area contributed by atoms with Crippen LogP contribution in [0.4, 0.5) is 0 Å². The molecule has 0 rings (SSSR count). The second-order valence-electron chi connectivity index (χ2n) is 3.54. The molecule has 3 heteroatoms. The van der Waals surface area contributed by atoms with Crippen LogP contribution in [0, 0.1) is 5.41 Å². The summed E-state index contributed by atoms with van der Waals surface area (Å²) >= 11 is 0. The van der Waals surface area contributed by atoms with Crippen LogP contribution in [-0.4, -0.2) is 18.8 Å². The van der Waals surface area contributed by atoms with E-state index in [9.17, 15) is 0 Å². The average molecular weight is 169 g/mol. The Balaban J connectivity index is 3.82. The standard InChI is InChI=1S/C9H19N3/c1-9(2,12-3)6-4-8(11)5-7-10/h5,7,10,12H,4,6,11H2,1-3H3/b8-5-,10-7?. The third kappa shape index (κ3) is 4.91. The second kappa shape index (κ2) is 4.93. The molecule has 0 aromatic heterocycles. The molecule has 0 amide bonds. The smallest absolute Gasteiger partial charge is 0.0194 e. The second-order valence-corrected chi connectivity index (χ2v) is 3.54. The predicted molar refractivity (Wildman–Crippen MR) is 53.4 cm³/mol. The quantitative estimate of drug-likeness (QED) is 0.542. The lowest BCUT2D eigenvalue weighted by Gasteiger charge is -2.23. The molecule has 0 heterocycles. The van der Waals surface area contributed by atoms with Gasteiger partial charge in [0, 0.05) is 17.5 Å². The largest absolute Gasteiger partial charge is 0.402 e. The summed E-state index contributed by atoms with van der Waals surface area (Å²) in [6, 6.07) is 0. The minimum absolute atomic E-state index is 0.125. The van der Waals surface area contributed by atoms with Crippen molar-refractivity contribution in [2.24, 2.45) is 5.73 Å². The first kappa shape index (κ1) is 11.2. The van der Waals surface area contributed by atoms with E-state index in [4.69, 9.17) is 11.1 Å². The first-order valence-corrected chi connectivity index (χ1v) is 4.16. The van der Waals surface area contributed by atoms with E-state index in [2.05, 4.69) is 19.2 Å². The molecule has 4 N–H and O–H groups in total. The van der Waals surface area contributed by atoms with Crippen molar-refractivity contribution in [3.8, 4) is 0 Å². The van der Waals surface area contributed by atoms with Crippen molar-refractivity contribution in [3.63, 3.8) is 0 Å². The highest BCUT2D eigenvalue weighted by molar-refractivity contribution is 5.68. The number of nitrogens with two attached hydrogens (primary N) is 1. The van der Waals surface area contributed by atoms with Gasteiger partial charge < -0.3 is 16.5 Å². The van der Waals surface area contributed by atoms with Crippen LogP contribution in [0.2, 0.25) is 0 Å². The lowest BCUT2D eigenvalue weighted by molar-refractivity contribution is 0.392. The highest BCUT2D eigenvalue weighted by Crippen LogP contribution is 2.12. The van der Waals surface area contributed by atoms with E-state index >= 15 is 0 Å². The maximum absolute atomic E-state index is 6.82. The summed E-state index contributed by atoms with van der Waals surface area (Å²) in [5, 5.41) is 10.0. The Hall–Kier alpha value is -0.830. The Morgan fingerprint density at radius 3 is 2.58 bits per heavy atom. The van der Waals surface area contributed by atoms with Gasteiger partial charge >= 0.3 is 0 Å². The molecule has 0 aromatic carbocycles. The summed E-state index contributed by atoms with van der Waals surface area (Å²) in [6.45, 7) is 4.26. The summed E-state index contributed by atoms with van der Waals surface area (Å²) in [4.78, 5) is 0. The zero-order valence-corrected chi connectivity index (χ0v) is 8.15. The van der Waals surface area contributed by atoms with Gasteiger partial charge in [0.2, 0.25) is 0 Å². The molecule has 0 saturated carbocycles. The van der Waals surface area contributed by atoms with Crippen LogP contribution in [-0.2, 0) is 0 Å². The molecule has 0 aliphatic carbocycles. The SMILES string of the molecule is CNC(C)(C)CC/C(N)=C/C=N. The van der Waals surface area contributed by atoms with Gasteiger partial charge in [0.1, 0.15) is 0 Å². The molecular weight excluding hydrogens is 150 g/mol. The monoisotopic (exact) mass is 169 g/mol. The van der Waals surface area contributed by atoms with Crippen molar-refractivity contribution in [1.82, 2.24) is 5.32 Å². The van der Waals surface area contributed by atoms with Gasteiger partial charge in [0.15, 0.2) is 0 Å². The van der Waals surface area contributed by atoms with Gasteiger partial charge in [-0.2, -0.15) is 0 Å². The van der Waals surface area contributed by atoms with Crippen LogP contribution in [0.25, 0.3) is 0 Å². The molecule has 0 aromatic rings. The third-order valence-corrected chi connectivity index (χ3v) is 2.01. The minimum atomic E-state index is 0.125. The molecule has 0 bridgehead atoms. The number of rotatable bonds is 5. The van der Waals surface area contributed by atoms with E-state index < -0.39 is 0 Å². The van der Waals surface area contributed by atoms with E-state index in [1.165, 1.54) is 6.21 Å². The Morgan fingerprint density at radius 2 is 2.17 bits per heavy atom. The normalized spacial score (nSPS) is 13.1. The minimum Gasteiger partial charge on any atom is -0.402 e. The number of hydrogen-bond donors (Lipinski definition) is 3. The van der Waals surface area contributed by atoms with Gasteiger partial charge in [-0.3, -0.25) is 0 Å². The highest BCUT2D eigenvalue weighted by atomic mass is 14.9. The van der Waals surface area contributed by atoms with Gasteiger partial charge in [-0.1, -0.05) is 0 Å². The molecule has 3 nitrogen and oxygen atoms in total. The molecule has 70 valence electrons. The van der Waals surface area contributed by atoms with Crippen LogP contribution in [0.3, 0.4) is 0 Å². The Bertz CT molecular complexity index is 171. The van der Waals surface area contributed by atoms with Crippen LogP contribution in [0.5, 0.6) is 0 Å². The lowest BCUT2D eigenvalue weighted by atomic mass is 9.98. The number of allylic oxidation sites excluding steroid dienone is 2. The van der Waals surface area contributed by atoms with E-state index in [1.54, 1.807) is 6.08 Å². The van der Waals surface area contributed by atoms with Gasteiger partial charge in [-0.25, -0.2) is 0 Å². The lowest BCUT2D eigenvalue weighted by Crippen LogP contribution is -2.36. The summed E-state index contributed by atoms with van der Waals surface area (Å²) in [7, 11) is 1.94. The summed E-state index contributed by atoms with van der Waals surface area (Å²) in [6.07, 6.45) is 4.68. The molecule has 0 unspecified atom stereocenters. The zero-order chi connectivity index (χ0) is 9.61. The fraction of sp³-hybridized carbons (Fsp3) is 0.667. The van der Waals surface area contributed by atoms with Crippen LogP contribution < -0.4 is 11.1 Å². The van der Waals surface area contributed by atoms with Crippen molar-refractivity contribution in [2.75, 3.05) is 7.05 Å². The first-order valence-electron chi connectivity index (χ1n) is 4.16. The van der Waals surface area contributed by atoms with Crippen molar-refractivity contribution in [1.29, 1.82) is 5.41 Å². The maximum atomic E-state index is 6.82. The van der Waals surface area contributed by atoms with E-state index in [-0.39, 0.29) is 5.54 Å². The molecule has 0 radical (unpaired) electrons. The van der Waals surface area contributed by atoms with Crippen molar-refractivity contribution < 1.29 is 0 Å². The number of hydrogen-bond acceptors (Lipinski definition) is 3. The molecular formula is C9H19N3. The van der Waals surface area contributed by atoms with Gasteiger partial charge in [0.25, 0.3) is 0 Å². The third-order valence-electron chi connectivity index (χ3n) is 2.01. The molecule has 0 atom stereocenters. The van der Waals surface area contributed by atoms with Crippen molar-refractivity contribution >= 4 is 6.21 Å². The zero-order valence-electron chi connectivity index (χ0n) is 8.15. The van der Waals surface area contributed by atoms with Crippen LogP contribution in [0.15, 0.2) is 11.8 Å². The van der Waals surface area contributed by atoms with Crippen LogP contribution >= 0.6 is 0 Å². The molecule has 0 fully saturated rings. The fourth-order valence-electron chi connectivity index (χ4n) is 0.772. The highest BCUT2D eigenvalue weighted by Gasteiger charge is 2.13. The van der Waals surface area contributed by atoms with Crippen LogP contribution in [0.1, 0.15) is 26.7 Å². The fourth-order valence-corrected chi connectivity index (χ4v) is 0.772. The molecule has 0 aliphatic heterocycles. The molecule has 12 heavy (non-hydrogen) atoms. The molecule has 0 spiro atoms. The van der Waals surface area contributed by atoms with E-state index in [0.29, 0.717) is 0 Å². The van der Waals surface area contributed by atoms with Crippen molar-refractivity contribution in [3.05, 3.63) is 11.8 Å². The first-order chi connectivity index (χ1) is 5.52. The van der Waals surface area contributed by atoms with Gasteiger partial charge in [-0.05, 0) is 39.8 Å². The maximum Gasteiger partial charge on any atom is 0.0194 e. The predicted octanol–water partition coefficient (Wildman–Crippen LogP) is 1.26. The molecule has 0 aliphatic rings. The van der Waals surface area contributed by atoms with E-state index in [1.807, 2.05) is 7.05 Å². The summed E-state index contributed by atoms with van der Waals surface area (Å²) < 4.78 is 0. The number of nitrogens with one attached hydrogen (secondary N) is 2. The van der Waals surface area contributed by atoms with E-state index in [0.717, 1.165) is 18.5 Å². The Morgan fingerprint density at radius 1 is 1.58 bits per heavy atom. The van der Waals surface area contributed by atoms with Crippen molar-refractivity contribution in [2.45, 2.75) is 32.2 Å². The summed E-state index contributed by atoms with van der Waals surface area (Å²) in [5.74, 6) is 0.